The smallest absolute Gasteiger partial charge is 0.0388 e. The zero-order chi connectivity index (χ0) is 13.2. The topological polar surface area (TPSA) is 12.0 Å². The first kappa shape index (κ1) is 13.5. The minimum Gasteiger partial charge on any atom is -0.307 e. The number of fused-ring (bicyclic) bond motifs is 1. The summed E-state index contributed by atoms with van der Waals surface area (Å²) in [5, 5.41) is 6.06. The van der Waals surface area contributed by atoms with Crippen LogP contribution in [0.3, 0.4) is 0 Å². The van der Waals surface area contributed by atoms with E-state index in [0.29, 0.717) is 12.1 Å². The zero-order valence-electron chi connectivity index (χ0n) is 11.6. The summed E-state index contributed by atoms with van der Waals surface area (Å²) in [6.07, 6.45) is 6.28. The molecule has 3 heteroatoms. The average molecular weight is 291 g/mol. The van der Waals surface area contributed by atoms with Gasteiger partial charge in [0.25, 0.3) is 0 Å². The van der Waals surface area contributed by atoms with Crippen molar-refractivity contribution in [3.05, 3.63) is 35.2 Å². The molecule has 0 amide bonds. The van der Waals surface area contributed by atoms with Gasteiger partial charge < -0.3 is 5.32 Å². The third-order valence-corrected chi connectivity index (χ3v) is 6.47. The van der Waals surface area contributed by atoms with Gasteiger partial charge in [-0.25, -0.2) is 0 Å². The van der Waals surface area contributed by atoms with Gasteiger partial charge >= 0.3 is 0 Å². The number of nitrogens with one attached hydrogen (secondary N) is 1. The van der Waals surface area contributed by atoms with Crippen LogP contribution in [0.2, 0.25) is 0 Å². The van der Waals surface area contributed by atoms with Crippen LogP contribution < -0.4 is 5.32 Å². The molecule has 1 fully saturated rings. The molecule has 3 atom stereocenters. The van der Waals surface area contributed by atoms with Crippen LogP contribution in [-0.4, -0.2) is 17.5 Å². The summed E-state index contributed by atoms with van der Waals surface area (Å²) in [4.78, 5) is 1.47. The second-order valence-electron chi connectivity index (χ2n) is 5.44. The maximum atomic E-state index is 3.82. The summed E-state index contributed by atoms with van der Waals surface area (Å²) in [6, 6.07) is 12.2. The molecule has 2 aromatic rings. The van der Waals surface area contributed by atoms with Crippen molar-refractivity contribution in [3.8, 4) is 0 Å². The van der Waals surface area contributed by atoms with Gasteiger partial charge in [0.15, 0.2) is 0 Å². The summed E-state index contributed by atoms with van der Waals surface area (Å²) in [7, 11) is 0. The second-order valence-corrected chi connectivity index (χ2v) is 7.70. The van der Waals surface area contributed by atoms with E-state index in [1.54, 1.807) is 0 Å². The molecular weight excluding hydrogens is 270 g/mol. The highest BCUT2D eigenvalue weighted by Gasteiger charge is 2.25. The molecule has 1 saturated carbocycles. The van der Waals surface area contributed by atoms with Gasteiger partial charge in [-0.3, -0.25) is 0 Å². The van der Waals surface area contributed by atoms with Crippen LogP contribution in [0.4, 0.5) is 0 Å². The first-order valence-electron chi connectivity index (χ1n) is 7.03. The van der Waals surface area contributed by atoms with Crippen LogP contribution in [0, 0.1) is 0 Å². The van der Waals surface area contributed by atoms with E-state index in [9.17, 15) is 0 Å². The van der Waals surface area contributed by atoms with Gasteiger partial charge in [-0.15, -0.1) is 11.3 Å². The number of hydrogen-bond donors (Lipinski definition) is 1. The Bertz CT molecular complexity index is 515. The number of thioether (sulfide) groups is 1. The first-order valence-corrected chi connectivity index (χ1v) is 9.14. The van der Waals surface area contributed by atoms with Crippen molar-refractivity contribution in [2.24, 2.45) is 0 Å². The van der Waals surface area contributed by atoms with E-state index in [-0.39, 0.29) is 0 Å². The highest BCUT2D eigenvalue weighted by atomic mass is 32.2. The lowest BCUT2D eigenvalue weighted by atomic mass is 10.2. The highest BCUT2D eigenvalue weighted by Crippen LogP contribution is 2.33. The number of thiophene rings is 1. The summed E-state index contributed by atoms with van der Waals surface area (Å²) in [6.45, 7) is 2.30. The van der Waals surface area contributed by atoms with Gasteiger partial charge in [-0.2, -0.15) is 11.8 Å². The molecule has 1 heterocycles. The summed E-state index contributed by atoms with van der Waals surface area (Å²) in [5.41, 5.74) is 0. The van der Waals surface area contributed by atoms with E-state index in [0.717, 1.165) is 5.25 Å². The molecule has 1 aliphatic rings. The number of rotatable bonds is 4. The van der Waals surface area contributed by atoms with Gasteiger partial charge in [-0.05, 0) is 50.0 Å². The lowest BCUT2D eigenvalue weighted by Crippen LogP contribution is -2.29. The van der Waals surface area contributed by atoms with Gasteiger partial charge in [0, 0.05) is 26.9 Å². The molecule has 1 aromatic carbocycles. The van der Waals surface area contributed by atoms with E-state index in [2.05, 4.69) is 48.8 Å². The van der Waals surface area contributed by atoms with Crippen molar-refractivity contribution in [1.82, 2.24) is 5.32 Å². The summed E-state index contributed by atoms with van der Waals surface area (Å²) >= 11 is 3.95. The Morgan fingerprint density at radius 3 is 2.89 bits per heavy atom. The first-order chi connectivity index (χ1) is 9.26. The minimum absolute atomic E-state index is 0.475. The van der Waals surface area contributed by atoms with Crippen LogP contribution in [0.1, 0.15) is 37.1 Å². The highest BCUT2D eigenvalue weighted by molar-refractivity contribution is 7.99. The average Bonchev–Trinajstić information content (AvgIpc) is 3.04. The SMILES string of the molecule is CSC1CCC(NC(C)c2cc3ccccc3s2)C1. The Labute approximate surface area is 123 Å². The molecule has 3 rings (SSSR count). The quantitative estimate of drug-likeness (QED) is 0.865. The Hall–Kier alpha value is -0.510. The van der Waals surface area contributed by atoms with E-state index in [4.69, 9.17) is 0 Å². The molecule has 0 bridgehead atoms. The lowest BCUT2D eigenvalue weighted by Gasteiger charge is -2.18. The van der Waals surface area contributed by atoms with Crippen LogP contribution in [0.25, 0.3) is 10.1 Å². The van der Waals surface area contributed by atoms with E-state index < -0.39 is 0 Å². The standard InChI is InChI=1S/C16H21NS2/c1-11(17-13-7-8-14(10-13)18-2)16-9-12-5-3-4-6-15(12)19-16/h3-6,9,11,13-14,17H,7-8,10H2,1-2H3. The molecule has 1 N–H and O–H groups in total. The fourth-order valence-corrected chi connectivity index (χ4v) is 4.83. The molecule has 3 unspecified atom stereocenters. The predicted molar refractivity (Wildman–Crippen MR) is 88.3 cm³/mol. The van der Waals surface area contributed by atoms with Crippen LogP contribution in [0.5, 0.6) is 0 Å². The molecule has 0 radical (unpaired) electrons. The number of benzene rings is 1. The van der Waals surface area contributed by atoms with Crippen LogP contribution in [-0.2, 0) is 0 Å². The van der Waals surface area contributed by atoms with E-state index in [1.807, 2.05) is 23.1 Å². The minimum atomic E-state index is 0.475. The maximum absolute atomic E-state index is 3.82. The van der Waals surface area contributed by atoms with Gasteiger partial charge in [0.1, 0.15) is 0 Å². The maximum Gasteiger partial charge on any atom is 0.0388 e. The molecule has 0 aliphatic heterocycles. The largest absolute Gasteiger partial charge is 0.307 e. The normalized spacial score (nSPS) is 24.9. The molecule has 102 valence electrons. The summed E-state index contributed by atoms with van der Waals surface area (Å²) in [5.74, 6) is 0. The fourth-order valence-electron chi connectivity index (χ4n) is 2.96. The Morgan fingerprint density at radius 1 is 1.32 bits per heavy atom. The van der Waals surface area contributed by atoms with Crippen molar-refractivity contribution in [1.29, 1.82) is 0 Å². The second kappa shape index (κ2) is 5.86. The molecule has 1 nitrogen and oxygen atoms in total. The zero-order valence-corrected chi connectivity index (χ0v) is 13.2. The van der Waals surface area contributed by atoms with E-state index in [1.165, 1.54) is 34.2 Å². The number of hydrogen-bond acceptors (Lipinski definition) is 3. The molecule has 0 spiro atoms. The van der Waals surface area contributed by atoms with E-state index >= 15 is 0 Å². The Balaban J connectivity index is 1.68. The van der Waals surface area contributed by atoms with Crippen molar-refractivity contribution in [2.45, 2.75) is 43.5 Å². The Kier molecular flexibility index (Phi) is 4.15. The molecule has 0 saturated heterocycles. The summed E-state index contributed by atoms with van der Waals surface area (Å²) < 4.78 is 1.40. The lowest BCUT2D eigenvalue weighted by molar-refractivity contribution is 0.466. The third-order valence-electron chi connectivity index (χ3n) is 4.07. The molecule has 19 heavy (non-hydrogen) atoms. The van der Waals surface area contributed by atoms with Crippen molar-refractivity contribution in [3.63, 3.8) is 0 Å². The molecule has 1 aromatic heterocycles. The van der Waals surface area contributed by atoms with Gasteiger partial charge in [0.05, 0.1) is 0 Å². The van der Waals surface area contributed by atoms with Crippen molar-refractivity contribution >= 4 is 33.2 Å². The van der Waals surface area contributed by atoms with Gasteiger partial charge in [0.2, 0.25) is 0 Å². The van der Waals surface area contributed by atoms with Gasteiger partial charge in [-0.1, -0.05) is 18.2 Å². The van der Waals surface area contributed by atoms with Crippen LogP contribution in [0.15, 0.2) is 30.3 Å². The van der Waals surface area contributed by atoms with Crippen molar-refractivity contribution < 1.29 is 0 Å². The molecular formula is C16H21NS2. The fraction of sp³-hybridized carbons (Fsp3) is 0.500. The Morgan fingerprint density at radius 2 is 2.16 bits per heavy atom. The van der Waals surface area contributed by atoms with Crippen molar-refractivity contribution in [2.75, 3.05) is 6.26 Å². The monoisotopic (exact) mass is 291 g/mol. The van der Waals surface area contributed by atoms with Crippen LogP contribution >= 0.6 is 23.1 Å². The molecule has 1 aliphatic carbocycles. The predicted octanol–water partition coefficient (Wildman–Crippen LogP) is 4.84. The third kappa shape index (κ3) is 2.99.